The van der Waals surface area contributed by atoms with Crippen LogP contribution in [0.3, 0.4) is 0 Å². The van der Waals surface area contributed by atoms with Gasteiger partial charge < -0.3 is 14.2 Å². The quantitative estimate of drug-likeness (QED) is 0.584. The second-order valence-corrected chi connectivity index (χ2v) is 6.10. The van der Waals surface area contributed by atoms with Crippen molar-refractivity contribution in [2.45, 2.75) is 45.6 Å². The second kappa shape index (κ2) is 8.79. The van der Waals surface area contributed by atoms with E-state index in [1.165, 1.54) is 12.1 Å². The summed E-state index contributed by atoms with van der Waals surface area (Å²) in [5.74, 6) is 0.739. The lowest BCUT2D eigenvalue weighted by Crippen LogP contribution is -2.30. The number of hydrogen-bond donors (Lipinski definition) is 0. The number of rotatable bonds is 7. The Morgan fingerprint density at radius 2 is 1.41 bits per heavy atom. The number of halogens is 3. The van der Waals surface area contributed by atoms with E-state index in [4.69, 9.17) is 14.2 Å². The van der Waals surface area contributed by atoms with Crippen molar-refractivity contribution in [3.63, 3.8) is 0 Å². The maximum atomic E-state index is 12.6. The van der Waals surface area contributed by atoms with Gasteiger partial charge in [0.05, 0.1) is 11.7 Å². The van der Waals surface area contributed by atoms with Gasteiger partial charge in [-0.3, -0.25) is 0 Å². The average molecular weight is 382 g/mol. The standard InChI is InChI=1S/C20H21F3O4/c1-4-18(19(24)25-13(2)3)27-17-11-9-16(10-12-17)26-15-7-5-14(6-8-15)20(21,22)23/h5-13,18H,4H2,1-3H3. The molecule has 0 fully saturated rings. The van der Waals surface area contributed by atoms with Crippen LogP contribution in [0.4, 0.5) is 13.2 Å². The van der Waals surface area contributed by atoms with Crippen LogP contribution in [-0.2, 0) is 15.7 Å². The summed E-state index contributed by atoms with van der Waals surface area (Å²) in [7, 11) is 0. The summed E-state index contributed by atoms with van der Waals surface area (Å²) >= 11 is 0. The van der Waals surface area contributed by atoms with Crippen LogP contribution in [0.25, 0.3) is 0 Å². The van der Waals surface area contributed by atoms with Crippen LogP contribution in [-0.4, -0.2) is 18.2 Å². The van der Waals surface area contributed by atoms with Gasteiger partial charge in [0.2, 0.25) is 0 Å². The van der Waals surface area contributed by atoms with Gasteiger partial charge in [-0.1, -0.05) is 6.92 Å². The molecule has 0 aliphatic rings. The Hall–Kier alpha value is -2.70. The van der Waals surface area contributed by atoms with Gasteiger partial charge >= 0.3 is 12.1 Å². The number of hydrogen-bond acceptors (Lipinski definition) is 4. The van der Waals surface area contributed by atoms with Crippen molar-refractivity contribution in [2.75, 3.05) is 0 Å². The Kier molecular flexibility index (Phi) is 6.71. The molecule has 0 aromatic heterocycles. The third-order valence-electron chi connectivity index (χ3n) is 3.50. The summed E-state index contributed by atoms with van der Waals surface area (Å²) in [6.45, 7) is 5.34. The van der Waals surface area contributed by atoms with E-state index in [2.05, 4.69) is 0 Å². The molecule has 0 heterocycles. The molecule has 1 atom stereocenters. The molecule has 7 heteroatoms. The van der Waals surface area contributed by atoms with Gasteiger partial charge in [0.1, 0.15) is 17.2 Å². The molecule has 0 saturated heterocycles. The molecule has 2 aromatic carbocycles. The molecule has 2 rings (SSSR count). The van der Waals surface area contributed by atoms with Gasteiger partial charge in [0.25, 0.3) is 0 Å². The molecule has 1 unspecified atom stereocenters. The molecule has 0 aliphatic heterocycles. The van der Waals surface area contributed by atoms with Gasteiger partial charge in [-0.25, -0.2) is 4.79 Å². The zero-order valence-corrected chi connectivity index (χ0v) is 15.2. The smallest absolute Gasteiger partial charge is 0.416 e. The molecule has 0 bridgehead atoms. The first kappa shape index (κ1) is 20.6. The zero-order chi connectivity index (χ0) is 20.0. The fourth-order valence-corrected chi connectivity index (χ4v) is 2.20. The lowest BCUT2D eigenvalue weighted by atomic mass is 10.2. The Morgan fingerprint density at radius 1 is 0.926 bits per heavy atom. The normalized spacial score (nSPS) is 12.6. The molecule has 2 aromatic rings. The maximum Gasteiger partial charge on any atom is 0.416 e. The lowest BCUT2D eigenvalue weighted by Gasteiger charge is -2.18. The number of alkyl halides is 3. The van der Waals surface area contributed by atoms with Gasteiger partial charge in [0.15, 0.2) is 6.10 Å². The van der Waals surface area contributed by atoms with E-state index in [9.17, 15) is 18.0 Å². The number of carbonyl (C=O) groups is 1. The van der Waals surface area contributed by atoms with Crippen LogP contribution in [0.5, 0.6) is 17.2 Å². The minimum absolute atomic E-state index is 0.227. The first-order valence-corrected chi connectivity index (χ1v) is 8.51. The Bertz CT molecular complexity index is 737. The zero-order valence-electron chi connectivity index (χ0n) is 15.2. The van der Waals surface area contributed by atoms with E-state index in [1.807, 2.05) is 6.92 Å². The second-order valence-electron chi connectivity index (χ2n) is 6.10. The van der Waals surface area contributed by atoms with Crippen molar-refractivity contribution >= 4 is 5.97 Å². The Labute approximate surface area is 155 Å². The highest BCUT2D eigenvalue weighted by Crippen LogP contribution is 2.31. The number of ether oxygens (including phenoxy) is 3. The molecule has 4 nitrogen and oxygen atoms in total. The largest absolute Gasteiger partial charge is 0.479 e. The van der Waals surface area contributed by atoms with Gasteiger partial charge in [-0.15, -0.1) is 0 Å². The van der Waals surface area contributed by atoms with Crippen LogP contribution in [0.2, 0.25) is 0 Å². The van der Waals surface area contributed by atoms with Crippen molar-refractivity contribution in [2.24, 2.45) is 0 Å². The van der Waals surface area contributed by atoms with E-state index < -0.39 is 23.8 Å². The summed E-state index contributed by atoms with van der Waals surface area (Å²) in [6, 6.07) is 10.9. The fraction of sp³-hybridized carbons (Fsp3) is 0.350. The number of benzene rings is 2. The third kappa shape index (κ3) is 6.20. The summed E-state index contributed by atoms with van der Waals surface area (Å²) < 4.78 is 54.0. The van der Waals surface area contributed by atoms with Crippen LogP contribution < -0.4 is 9.47 Å². The van der Waals surface area contributed by atoms with Crippen molar-refractivity contribution in [1.29, 1.82) is 0 Å². The van der Waals surface area contributed by atoms with Gasteiger partial charge in [-0.05, 0) is 68.8 Å². The summed E-state index contributed by atoms with van der Waals surface area (Å²) in [5, 5.41) is 0. The molecule has 0 radical (unpaired) electrons. The number of carbonyl (C=O) groups excluding carboxylic acids is 1. The van der Waals surface area contributed by atoms with Crippen LogP contribution >= 0.6 is 0 Å². The third-order valence-corrected chi connectivity index (χ3v) is 3.50. The highest BCUT2D eigenvalue weighted by molar-refractivity contribution is 5.75. The van der Waals surface area contributed by atoms with Crippen LogP contribution in [0, 0.1) is 0 Å². The first-order valence-electron chi connectivity index (χ1n) is 8.51. The summed E-state index contributed by atoms with van der Waals surface area (Å²) in [4.78, 5) is 11.9. The topological polar surface area (TPSA) is 44.8 Å². The van der Waals surface area contributed by atoms with Crippen molar-refractivity contribution in [3.8, 4) is 17.2 Å². The molecular formula is C20H21F3O4. The van der Waals surface area contributed by atoms with E-state index in [0.717, 1.165) is 12.1 Å². The lowest BCUT2D eigenvalue weighted by molar-refractivity contribution is -0.156. The predicted molar refractivity (Wildman–Crippen MR) is 93.9 cm³/mol. The molecule has 27 heavy (non-hydrogen) atoms. The first-order chi connectivity index (χ1) is 12.7. The summed E-state index contributed by atoms with van der Waals surface area (Å²) in [6.07, 6.45) is -4.87. The monoisotopic (exact) mass is 382 g/mol. The average Bonchev–Trinajstić information content (AvgIpc) is 2.60. The minimum Gasteiger partial charge on any atom is -0.479 e. The van der Waals surface area contributed by atoms with Crippen molar-refractivity contribution in [3.05, 3.63) is 54.1 Å². The molecule has 146 valence electrons. The van der Waals surface area contributed by atoms with Crippen LogP contribution in [0.15, 0.2) is 48.5 Å². The maximum absolute atomic E-state index is 12.6. The van der Waals surface area contributed by atoms with E-state index in [0.29, 0.717) is 17.9 Å². The SMILES string of the molecule is CCC(Oc1ccc(Oc2ccc(C(F)(F)F)cc2)cc1)C(=O)OC(C)C. The molecule has 0 spiro atoms. The van der Waals surface area contributed by atoms with E-state index >= 15 is 0 Å². The fourth-order valence-electron chi connectivity index (χ4n) is 2.20. The highest BCUT2D eigenvalue weighted by atomic mass is 19.4. The summed E-state index contributed by atoms with van der Waals surface area (Å²) in [5.41, 5.74) is -0.738. The van der Waals surface area contributed by atoms with E-state index in [1.54, 1.807) is 38.1 Å². The van der Waals surface area contributed by atoms with Gasteiger partial charge in [0, 0.05) is 0 Å². The molecule has 0 amide bonds. The van der Waals surface area contributed by atoms with Gasteiger partial charge in [-0.2, -0.15) is 13.2 Å². The molecular weight excluding hydrogens is 361 g/mol. The molecule has 0 saturated carbocycles. The Balaban J connectivity index is 1.99. The van der Waals surface area contributed by atoms with Crippen LogP contribution in [0.1, 0.15) is 32.8 Å². The van der Waals surface area contributed by atoms with Crippen molar-refractivity contribution in [1.82, 2.24) is 0 Å². The predicted octanol–water partition coefficient (Wildman–Crippen LogP) is 5.61. The van der Waals surface area contributed by atoms with E-state index in [-0.39, 0.29) is 11.9 Å². The highest BCUT2D eigenvalue weighted by Gasteiger charge is 2.30. The Morgan fingerprint density at radius 3 is 1.85 bits per heavy atom. The number of esters is 1. The molecule has 0 N–H and O–H groups in total. The van der Waals surface area contributed by atoms with Crippen molar-refractivity contribution < 1.29 is 32.2 Å². The molecule has 0 aliphatic carbocycles. The minimum atomic E-state index is -4.38.